The maximum Gasteiger partial charge on any atom is 0.289 e. The second kappa shape index (κ2) is 7.95. The van der Waals surface area contributed by atoms with Crippen LogP contribution < -0.4 is 10.6 Å². The van der Waals surface area contributed by atoms with Gasteiger partial charge in [0.15, 0.2) is 5.76 Å². The monoisotopic (exact) mass is 429 g/mol. The zero-order valence-electron chi connectivity index (χ0n) is 18.2. The van der Waals surface area contributed by atoms with Crippen molar-refractivity contribution in [2.24, 2.45) is 5.73 Å². The molecule has 6 nitrogen and oxygen atoms in total. The number of nitrogens with two attached hydrogens (primary N) is 1. The van der Waals surface area contributed by atoms with Crippen LogP contribution >= 0.6 is 0 Å². The number of carbonyl (C=O) groups is 2. The van der Waals surface area contributed by atoms with Gasteiger partial charge < -0.3 is 20.0 Å². The normalized spacial score (nSPS) is 16.9. The lowest BCUT2D eigenvalue weighted by molar-refractivity contribution is -0.116. The SMILES string of the molecule is CC(=O)N1CC2(CCN(C(=O)c3ccc(-c4ccccc4)o3)CC2)c2cc(CN)ccc21. The Balaban J connectivity index is 1.35. The van der Waals surface area contributed by atoms with Gasteiger partial charge in [-0.3, -0.25) is 9.59 Å². The average molecular weight is 430 g/mol. The predicted octanol–water partition coefficient (Wildman–Crippen LogP) is 3.95. The zero-order valence-corrected chi connectivity index (χ0v) is 18.2. The molecule has 1 saturated heterocycles. The lowest BCUT2D eigenvalue weighted by Gasteiger charge is -2.39. The van der Waals surface area contributed by atoms with Crippen molar-refractivity contribution in [3.8, 4) is 11.3 Å². The molecule has 0 unspecified atom stereocenters. The molecule has 1 spiro atoms. The quantitative estimate of drug-likeness (QED) is 0.684. The van der Waals surface area contributed by atoms with Gasteiger partial charge in [-0.15, -0.1) is 0 Å². The summed E-state index contributed by atoms with van der Waals surface area (Å²) in [4.78, 5) is 29.1. The molecule has 0 aliphatic carbocycles. The van der Waals surface area contributed by atoms with E-state index >= 15 is 0 Å². The highest BCUT2D eigenvalue weighted by atomic mass is 16.4. The molecule has 0 saturated carbocycles. The van der Waals surface area contributed by atoms with E-state index in [2.05, 4.69) is 6.07 Å². The van der Waals surface area contributed by atoms with E-state index in [1.165, 1.54) is 5.56 Å². The van der Waals surface area contributed by atoms with Crippen LogP contribution in [-0.2, 0) is 16.8 Å². The predicted molar refractivity (Wildman–Crippen MR) is 123 cm³/mol. The number of anilines is 1. The molecular weight excluding hydrogens is 402 g/mol. The summed E-state index contributed by atoms with van der Waals surface area (Å²) in [6.45, 7) is 3.99. The van der Waals surface area contributed by atoms with Crippen LogP contribution in [0.4, 0.5) is 5.69 Å². The smallest absolute Gasteiger partial charge is 0.289 e. The topological polar surface area (TPSA) is 79.8 Å². The highest BCUT2D eigenvalue weighted by Gasteiger charge is 2.46. The Labute approximate surface area is 187 Å². The van der Waals surface area contributed by atoms with E-state index in [1.807, 2.05) is 58.3 Å². The van der Waals surface area contributed by atoms with Gasteiger partial charge in [0.05, 0.1) is 0 Å². The molecule has 1 aromatic heterocycles. The van der Waals surface area contributed by atoms with Crippen molar-refractivity contribution >= 4 is 17.5 Å². The van der Waals surface area contributed by atoms with Crippen LogP contribution in [0.15, 0.2) is 65.1 Å². The van der Waals surface area contributed by atoms with Crippen LogP contribution in [0.25, 0.3) is 11.3 Å². The summed E-state index contributed by atoms with van der Waals surface area (Å²) in [5.41, 5.74) is 9.93. The van der Waals surface area contributed by atoms with Crippen LogP contribution in [0.1, 0.15) is 41.4 Å². The largest absolute Gasteiger partial charge is 0.451 e. The van der Waals surface area contributed by atoms with Gasteiger partial charge in [0.2, 0.25) is 5.91 Å². The molecule has 164 valence electrons. The van der Waals surface area contributed by atoms with Crippen LogP contribution in [-0.4, -0.2) is 36.3 Å². The fourth-order valence-corrected chi connectivity index (χ4v) is 5.06. The lowest BCUT2D eigenvalue weighted by Crippen LogP contribution is -2.47. The third-order valence-corrected chi connectivity index (χ3v) is 6.88. The number of nitrogens with zero attached hydrogens (tertiary/aromatic N) is 2. The van der Waals surface area contributed by atoms with Gasteiger partial charge in [0.1, 0.15) is 5.76 Å². The Bertz CT molecular complexity index is 1160. The Morgan fingerprint density at radius 2 is 1.78 bits per heavy atom. The molecule has 0 radical (unpaired) electrons. The van der Waals surface area contributed by atoms with E-state index < -0.39 is 0 Å². The van der Waals surface area contributed by atoms with Gasteiger partial charge >= 0.3 is 0 Å². The first-order chi connectivity index (χ1) is 15.5. The molecule has 2 aliphatic rings. The first kappa shape index (κ1) is 20.5. The molecule has 2 aromatic carbocycles. The summed E-state index contributed by atoms with van der Waals surface area (Å²) in [7, 11) is 0. The molecule has 3 heterocycles. The number of rotatable bonds is 3. The lowest BCUT2D eigenvalue weighted by atomic mass is 9.74. The van der Waals surface area contributed by atoms with Gasteiger partial charge in [-0.05, 0) is 42.2 Å². The molecule has 2 aliphatic heterocycles. The van der Waals surface area contributed by atoms with Crippen molar-refractivity contribution in [1.29, 1.82) is 0 Å². The van der Waals surface area contributed by atoms with Crippen molar-refractivity contribution in [3.63, 3.8) is 0 Å². The van der Waals surface area contributed by atoms with Crippen molar-refractivity contribution < 1.29 is 14.0 Å². The Morgan fingerprint density at radius 3 is 2.47 bits per heavy atom. The molecule has 3 aromatic rings. The van der Waals surface area contributed by atoms with Gasteiger partial charge in [-0.1, -0.05) is 42.5 Å². The second-order valence-corrected chi connectivity index (χ2v) is 8.76. The number of likely N-dealkylation sites (tertiary alicyclic amines) is 1. The van der Waals surface area contributed by atoms with E-state index in [0.29, 0.717) is 37.7 Å². The Kier molecular flexibility index (Phi) is 5.10. The number of fused-ring (bicyclic) bond motifs is 2. The molecular formula is C26H27N3O3. The fourth-order valence-electron chi connectivity index (χ4n) is 5.06. The van der Waals surface area contributed by atoms with Gasteiger partial charge in [0.25, 0.3) is 5.91 Å². The van der Waals surface area contributed by atoms with Crippen LogP contribution in [0.2, 0.25) is 0 Å². The second-order valence-electron chi connectivity index (χ2n) is 8.76. The molecule has 0 atom stereocenters. The third-order valence-electron chi connectivity index (χ3n) is 6.88. The first-order valence-corrected chi connectivity index (χ1v) is 11.1. The van der Waals surface area contributed by atoms with Crippen molar-refractivity contribution in [3.05, 3.63) is 77.6 Å². The molecule has 6 heteroatoms. The van der Waals surface area contributed by atoms with Crippen molar-refractivity contribution in [2.75, 3.05) is 24.5 Å². The fraction of sp³-hybridized carbons (Fsp3) is 0.308. The van der Waals surface area contributed by atoms with E-state index in [4.69, 9.17) is 10.2 Å². The molecule has 32 heavy (non-hydrogen) atoms. The van der Waals surface area contributed by atoms with E-state index in [0.717, 1.165) is 29.7 Å². The summed E-state index contributed by atoms with van der Waals surface area (Å²) in [5, 5.41) is 0. The molecule has 5 rings (SSSR count). The van der Waals surface area contributed by atoms with Crippen molar-refractivity contribution in [2.45, 2.75) is 31.7 Å². The van der Waals surface area contributed by atoms with Gasteiger partial charge in [0, 0.05) is 49.8 Å². The molecule has 2 N–H and O–H groups in total. The summed E-state index contributed by atoms with van der Waals surface area (Å²) >= 11 is 0. The standard InChI is InChI=1S/C26H27N3O3/c1-18(30)29-17-26(21-15-19(16-27)7-8-22(21)29)11-13-28(14-12-26)25(31)24-10-9-23(32-24)20-5-3-2-4-6-20/h2-10,15H,11-14,16-17,27H2,1H3. The van der Waals surface area contributed by atoms with E-state index in [9.17, 15) is 9.59 Å². The Morgan fingerprint density at radius 1 is 1.03 bits per heavy atom. The first-order valence-electron chi connectivity index (χ1n) is 11.1. The Hall–Kier alpha value is -3.38. The minimum absolute atomic E-state index is 0.0474. The number of benzene rings is 2. The molecule has 1 fully saturated rings. The minimum atomic E-state index is -0.138. The van der Waals surface area contributed by atoms with Gasteiger partial charge in [-0.2, -0.15) is 0 Å². The number of hydrogen-bond acceptors (Lipinski definition) is 4. The maximum atomic E-state index is 13.1. The van der Waals surface area contributed by atoms with Crippen LogP contribution in [0.3, 0.4) is 0 Å². The average Bonchev–Trinajstić information content (AvgIpc) is 3.44. The summed E-state index contributed by atoms with van der Waals surface area (Å²) in [6, 6.07) is 19.5. The van der Waals surface area contributed by atoms with Crippen molar-refractivity contribution in [1.82, 2.24) is 4.90 Å². The molecule has 2 amide bonds. The van der Waals surface area contributed by atoms with Crippen LogP contribution in [0.5, 0.6) is 0 Å². The summed E-state index contributed by atoms with van der Waals surface area (Å²) < 4.78 is 5.88. The van der Waals surface area contributed by atoms with E-state index in [-0.39, 0.29) is 17.2 Å². The summed E-state index contributed by atoms with van der Waals surface area (Å²) in [5.74, 6) is 1.02. The number of piperidine rings is 1. The third kappa shape index (κ3) is 3.41. The number of amides is 2. The zero-order chi connectivity index (χ0) is 22.3. The number of furan rings is 1. The highest BCUT2D eigenvalue weighted by Crippen LogP contribution is 2.47. The number of carbonyl (C=O) groups excluding carboxylic acids is 2. The molecule has 0 bridgehead atoms. The summed E-state index contributed by atoms with van der Waals surface area (Å²) in [6.07, 6.45) is 1.60. The maximum absolute atomic E-state index is 13.1. The number of hydrogen-bond donors (Lipinski definition) is 1. The van der Waals surface area contributed by atoms with Crippen LogP contribution in [0, 0.1) is 0 Å². The minimum Gasteiger partial charge on any atom is -0.451 e. The van der Waals surface area contributed by atoms with Gasteiger partial charge in [-0.25, -0.2) is 0 Å². The highest BCUT2D eigenvalue weighted by molar-refractivity contribution is 5.95. The van der Waals surface area contributed by atoms with E-state index in [1.54, 1.807) is 13.0 Å².